The molecule has 0 radical (unpaired) electrons. The molecule has 0 aliphatic heterocycles. The molecule has 0 heterocycles. The van der Waals surface area contributed by atoms with Gasteiger partial charge in [0.05, 0.1) is 27.4 Å². The van der Waals surface area contributed by atoms with Crippen LogP contribution in [0.2, 0.25) is 0 Å². The Morgan fingerprint density at radius 2 is 1.62 bits per heavy atom. The van der Waals surface area contributed by atoms with Crippen LogP contribution in [0.3, 0.4) is 0 Å². The molecule has 0 fully saturated rings. The predicted molar refractivity (Wildman–Crippen MR) is 94.2 cm³/mol. The number of ether oxygens (including phenoxy) is 3. The Bertz CT molecular complexity index is 682. The molecule has 0 aromatic heterocycles. The van der Waals surface area contributed by atoms with Crippen molar-refractivity contribution in [3.05, 3.63) is 48.0 Å². The molecule has 1 N–H and O–H groups in total. The molecule has 0 saturated carbocycles. The molecule has 24 heavy (non-hydrogen) atoms. The van der Waals surface area contributed by atoms with Crippen LogP contribution in [0.25, 0.3) is 0 Å². The van der Waals surface area contributed by atoms with Crippen LogP contribution >= 0.6 is 0 Å². The van der Waals surface area contributed by atoms with Gasteiger partial charge in [-0.25, -0.2) is 0 Å². The van der Waals surface area contributed by atoms with Crippen LogP contribution in [0.15, 0.2) is 42.5 Å². The Morgan fingerprint density at radius 1 is 0.958 bits per heavy atom. The first-order valence-electron chi connectivity index (χ1n) is 7.69. The van der Waals surface area contributed by atoms with Gasteiger partial charge in [-0.15, -0.1) is 0 Å². The summed E-state index contributed by atoms with van der Waals surface area (Å²) in [5.74, 6) is 2.19. The number of Topliss-reactive ketones (excluding diaryl/α,β-unsaturated/α-hetero) is 1. The van der Waals surface area contributed by atoms with Crippen molar-refractivity contribution in [2.24, 2.45) is 0 Å². The number of nitrogens with one attached hydrogen (secondary N) is 1. The molecule has 2 aromatic carbocycles. The monoisotopic (exact) mass is 329 g/mol. The van der Waals surface area contributed by atoms with Gasteiger partial charge in [-0.1, -0.05) is 6.07 Å². The Labute approximate surface area is 142 Å². The number of hydrogen-bond acceptors (Lipinski definition) is 5. The summed E-state index contributed by atoms with van der Waals surface area (Å²) in [6.07, 6.45) is 0.377. The molecule has 1 atom stereocenters. The minimum absolute atomic E-state index is 0.107. The summed E-state index contributed by atoms with van der Waals surface area (Å²) in [5.41, 5.74) is 1.87. The highest BCUT2D eigenvalue weighted by Crippen LogP contribution is 2.32. The fraction of sp³-hybridized carbons (Fsp3) is 0.316. The lowest BCUT2D eigenvalue weighted by Gasteiger charge is -2.21. The van der Waals surface area contributed by atoms with E-state index < -0.39 is 0 Å². The first-order valence-corrected chi connectivity index (χ1v) is 7.69. The third kappa shape index (κ3) is 4.41. The quantitative estimate of drug-likeness (QED) is 0.797. The topological polar surface area (TPSA) is 56.8 Å². The summed E-state index contributed by atoms with van der Waals surface area (Å²) < 4.78 is 15.8. The van der Waals surface area contributed by atoms with Gasteiger partial charge >= 0.3 is 0 Å². The molecule has 0 saturated heterocycles. The number of hydrogen-bond donors (Lipinski definition) is 1. The van der Waals surface area contributed by atoms with Crippen LogP contribution in [0, 0.1) is 0 Å². The second-order valence-corrected chi connectivity index (χ2v) is 5.45. The van der Waals surface area contributed by atoms with E-state index in [0.29, 0.717) is 17.9 Å². The summed E-state index contributed by atoms with van der Waals surface area (Å²) in [5, 5.41) is 3.39. The SMILES string of the molecule is COc1ccc(N[C@H](CC(C)=O)c2ccc(OC)c(OC)c2)cc1. The van der Waals surface area contributed by atoms with Gasteiger partial charge in [-0.3, -0.25) is 4.79 Å². The third-order valence-electron chi connectivity index (χ3n) is 3.73. The largest absolute Gasteiger partial charge is 0.497 e. The molecule has 0 aliphatic carbocycles. The van der Waals surface area contributed by atoms with Crippen molar-refractivity contribution in [3.63, 3.8) is 0 Å². The van der Waals surface area contributed by atoms with Gasteiger partial charge in [0.1, 0.15) is 11.5 Å². The third-order valence-corrected chi connectivity index (χ3v) is 3.73. The van der Waals surface area contributed by atoms with Crippen LogP contribution in [0.4, 0.5) is 5.69 Å². The normalized spacial score (nSPS) is 11.5. The van der Waals surface area contributed by atoms with Crippen molar-refractivity contribution in [2.45, 2.75) is 19.4 Å². The van der Waals surface area contributed by atoms with Gasteiger partial charge in [-0.2, -0.15) is 0 Å². The van der Waals surface area contributed by atoms with Gasteiger partial charge < -0.3 is 19.5 Å². The van der Waals surface area contributed by atoms with Crippen molar-refractivity contribution in [1.29, 1.82) is 0 Å². The van der Waals surface area contributed by atoms with E-state index in [4.69, 9.17) is 14.2 Å². The van der Waals surface area contributed by atoms with Gasteiger partial charge in [0, 0.05) is 12.1 Å². The molecule has 0 unspecified atom stereocenters. The van der Waals surface area contributed by atoms with E-state index in [1.807, 2.05) is 42.5 Å². The van der Waals surface area contributed by atoms with E-state index in [0.717, 1.165) is 17.0 Å². The average Bonchev–Trinajstić information content (AvgIpc) is 2.60. The second kappa shape index (κ2) is 8.24. The molecule has 0 spiro atoms. The van der Waals surface area contributed by atoms with Crippen LogP contribution in [-0.4, -0.2) is 27.1 Å². The maximum absolute atomic E-state index is 11.7. The first-order chi connectivity index (χ1) is 11.6. The summed E-state index contributed by atoms with van der Waals surface area (Å²) in [4.78, 5) is 11.7. The molecule has 128 valence electrons. The van der Waals surface area contributed by atoms with Gasteiger partial charge in [0.15, 0.2) is 11.5 Å². The summed E-state index contributed by atoms with van der Waals surface area (Å²) in [7, 11) is 4.82. The number of methoxy groups -OCH3 is 3. The number of ketones is 1. The fourth-order valence-electron chi connectivity index (χ4n) is 2.50. The molecular formula is C19H23NO4. The lowest BCUT2D eigenvalue weighted by Crippen LogP contribution is -2.14. The van der Waals surface area contributed by atoms with Crippen molar-refractivity contribution in [2.75, 3.05) is 26.6 Å². The number of anilines is 1. The second-order valence-electron chi connectivity index (χ2n) is 5.45. The van der Waals surface area contributed by atoms with E-state index >= 15 is 0 Å². The number of rotatable bonds is 8. The summed E-state index contributed by atoms with van der Waals surface area (Å²) >= 11 is 0. The van der Waals surface area contributed by atoms with Gasteiger partial charge in [0.25, 0.3) is 0 Å². The van der Waals surface area contributed by atoms with E-state index in [1.54, 1.807) is 28.3 Å². The van der Waals surface area contributed by atoms with Crippen LogP contribution in [0.1, 0.15) is 24.9 Å². The van der Waals surface area contributed by atoms with Crippen molar-refractivity contribution < 1.29 is 19.0 Å². The number of benzene rings is 2. The molecule has 5 heteroatoms. The Morgan fingerprint density at radius 3 is 2.17 bits per heavy atom. The van der Waals surface area contributed by atoms with Crippen LogP contribution < -0.4 is 19.5 Å². The minimum atomic E-state index is -0.157. The van der Waals surface area contributed by atoms with Crippen LogP contribution in [0.5, 0.6) is 17.2 Å². The molecule has 2 aromatic rings. The highest BCUT2D eigenvalue weighted by atomic mass is 16.5. The molecule has 0 bridgehead atoms. The smallest absolute Gasteiger partial charge is 0.161 e. The van der Waals surface area contributed by atoms with Gasteiger partial charge in [-0.05, 0) is 48.9 Å². The van der Waals surface area contributed by atoms with Crippen molar-refractivity contribution >= 4 is 11.5 Å². The Balaban J connectivity index is 2.28. The van der Waals surface area contributed by atoms with E-state index in [2.05, 4.69) is 5.32 Å². The Hall–Kier alpha value is -2.69. The molecular weight excluding hydrogens is 306 g/mol. The predicted octanol–water partition coefficient (Wildman–Crippen LogP) is 3.84. The molecule has 2 rings (SSSR count). The van der Waals surface area contributed by atoms with E-state index in [-0.39, 0.29) is 11.8 Å². The molecule has 5 nitrogen and oxygen atoms in total. The van der Waals surface area contributed by atoms with E-state index in [9.17, 15) is 4.79 Å². The lowest BCUT2D eigenvalue weighted by molar-refractivity contribution is -0.117. The number of carbonyl (C=O) groups excluding carboxylic acids is 1. The average molecular weight is 329 g/mol. The maximum atomic E-state index is 11.7. The highest BCUT2D eigenvalue weighted by molar-refractivity contribution is 5.77. The van der Waals surface area contributed by atoms with Crippen molar-refractivity contribution in [1.82, 2.24) is 0 Å². The summed E-state index contributed by atoms with van der Waals surface area (Å²) in [6.45, 7) is 1.59. The minimum Gasteiger partial charge on any atom is -0.497 e. The maximum Gasteiger partial charge on any atom is 0.161 e. The zero-order valence-corrected chi connectivity index (χ0v) is 14.5. The highest BCUT2D eigenvalue weighted by Gasteiger charge is 2.16. The zero-order valence-electron chi connectivity index (χ0n) is 14.5. The first kappa shape index (κ1) is 17.7. The standard InChI is InChI=1S/C19H23NO4/c1-13(21)11-17(20-15-6-8-16(22-2)9-7-15)14-5-10-18(23-3)19(12-14)24-4/h5-10,12,17,20H,11H2,1-4H3/t17-/m1/s1. The van der Waals surface area contributed by atoms with E-state index in [1.165, 1.54) is 0 Å². The zero-order chi connectivity index (χ0) is 17.5. The molecule has 0 aliphatic rings. The van der Waals surface area contributed by atoms with Crippen LogP contribution in [-0.2, 0) is 4.79 Å². The van der Waals surface area contributed by atoms with Gasteiger partial charge in [0.2, 0.25) is 0 Å². The lowest BCUT2D eigenvalue weighted by atomic mass is 10.0. The number of carbonyl (C=O) groups is 1. The Kier molecular flexibility index (Phi) is 6.07. The van der Waals surface area contributed by atoms with Crippen molar-refractivity contribution in [3.8, 4) is 17.2 Å². The molecule has 0 amide bonds. The fourth-order valence-corrected chi connectivity index (χ4v) is 2.50. The summed E-state index contributed by atoms with van der Waals surface area (Å²) in [6, 6.07) is 13.1.